The lowest BCUT2D eigenvalue weighted by Gasteiger charge is -2.18. The highest BCUT2D eigenvalue weighted by Gasteiger charge is 2.13. The lowest BCUT2D eigenvalue weighted by molar-refractivity contribution is 0.216. The first kappa shape index (κ1) is 16.7. The van der Waals surface area contributed by atoms with E-state index in [1.807, 2.05) is 65.4 Å². The summed E-state index contributed by atoms with van der Waals surface area (Å²) in [6, 6.07) is 16.4. The molecule has 6 heteroatoms. The SMILES string of the molecule is O=C(NCc1ccccc1-n1ccnc1)NC(CO)c1ccccc1. The predicted molar refractivity (Wildman–Crippen MR) is 95.2 cm³/mol. The van der Waals surface area contributed by atoms with E-state index in [9.17, 15) is 9.90 Å². The molecule has 0 bridgehead atoms. The quantitative estimate of drug-likeness (QED) is 0.647. The lowest BCUT2D eigenvalue weighted by atomic mass is 10.1. The van der Waals surface area contributed by atoms with E-state index in [2.05, 4.69) is 15.6 Å². The number of hydrogen-bond donors (Lipinski definition) is 3. The first-order valence-electron chi connectivity index (χ1n) is 8.04. The van der Waals surface area contributed by atoms with Crippen molar-refractivity contribution in [2.45, 2.75) is 12.6 Å². The molecule has 0 saturated heterocycles. The summed E-state index contributed by atoms with van der Waals surface area (Å²) in [4.78, 5) is 16.3. The highest BCUT2D eigenvalue weighted by molar-refractivity contribution is 5.74. The van der Waals surface area contributed by atoms with Crippen molar-refractivity contribution in [1.29, 1.82) is 0 Å². The fraction of sp³-hybridized carbons (Fsp3) is 0.158. The summed E-state index contributed by atoms with van der Waals surface area (Å²) in [7, 11) is 0. The standard InChI is InChI=1S/C19H20N4O2/c24-13-17(15-6-2-1-3-7-15)22-19(25)21-12-16-8-4-5-9-18(16)23-11-10-20-14-23/h1-11,14,17,24H,12-13H2,(H2,21,22,25). The van der Waals surface area contributed by atoms with Gasteiger partial charge in [0.15, 0.2) is 0 Å². The van der Waals surface area contributed by atoms with Crippen LogP contribution in [0, 0.1) is 0 Å². The molecule has 0 spiro atoms. The third-order valence-electron chi connectivity index (χ3n) is 3.90. The zero-order chi connectivity index (χ0) is 17.5. The van der Waals surface area contributed by atoms with Gasteiger partial charge in [-0.2, -0.15) is 0 Å². The van der Waals surface area contributed by atoms with Crippen LogP contribution in [0.25, 0.3) is 5.69 Å². The molecule has 0 fully saturated rings. The number of benzene rings is 2. The van der Waals surface area contributed by atoms with Crippen molar-refractivity contribution in [1.82, 2.24) is 20.2 Å². The summed E-state index contributed by atoms with van der Waals surface area (Å²) in [6.45, 7) is 0.205. The van der Waals surface area contributed by atoms with Crippen molar-refractivity contribution >= 4 is 6.03 Å². The van der Waals surface area contributed by atoms with E-state index in [-0.39, 0.29) is 12.6 Å². The van der Waals surface area contributed by atoms with Gasteiger partial charge in [-0.3, -0.25) is 0 Å². The number of imidazole rings is 1. The number of carbonyl (C=O) groups is 1. The number of carbonyl (C=O) groups excluding carboxylic acids is 1. The molecule has 2 aromatic carbocycles. The van der Waals surface area contributed by atoms with Crippen LogP contribution in [0.3, 0.4) is 0 Å². The Balaban J connectivity index is 1.63. The van der Waals surface area contributed by atoms with E-state index in [1.54, 1.807) is 12.5 Å². The minimum absolute atomic E-state index is 0.164. The van der Waals surface area contributed by atoms with E-state index in [0.717, 1.165) is 16.8 Å². The summed E-state index contributed by atoms with van der Waals surface area (Å²) >= 11 is 0. The maximum atomic E-state index is 12.2. The highest BCUT2D eigenvalue weighted by Crippen LogP contribution is 2.14. The third kappa shape index (κ3) is 4.24. The summed E-state index contributed by atoms with van der Waals surface area (Å²) in [6.07, 6.45) is 5.29. The van der Waals surface area contributed by atoms with Gasteiger partial charge in [-0.25, -0.2) is 9.78 Å². The summed E-state index contributed by atoms with van der Waals surface area (Å²) in [5.74, 6) is 0. The molecule has 25 heavy (non-hydrogen) atoms. The van der Waals surface area contributed by atoms with E-state index in [4.69, 9.17) is 0 Å². The van der Waals surface area contributed by atoms with Crippen LogP contribution in [0.5, 0.6) is 0 Å². The van der Waals surface area contributed by atoms with E-state index in [0.29, 0.717) is 6.54 Å². The Morgan fingerprint density at radius 2 is 1.88 bits per heavy atom. The van der Waals surface area contributed by atoms with Crippen LogP contribution in [0.2, 0.25) is 0 Å². The molecule has 6 nitrogen and oxygen atoms in total. The van der Waals surface area contributed by atoms with Crippen molar-refractivity contribution in [2.24, 2.45) is 0 Å². The van der Waals surface area contributed by atoms with Crippen molar-refractivity contribution in [3.8, 4) is 5.69 Å². The minimum Gasteiger partial charge on any atom is -0.394 e. The fourth-order valence-electron chi connectivity index (χ4n) is 2.62. The van der Waals surface area contributed by atoms with Gasteiger partial charge in [0.1, 0.15) is 0 Å². The van der Waals surface area contributed by atoms with Crippen LogP contribution in [-0.2, 0) is 6.54 Å². The molecule has 3 rings (SSSR count). The Labute approximate surface area is 146 Å². The molecule has 0 saturated carbocycles. The largest absolute Gasteiger partial charge is 0.394 e. The number of nitrogens with one attached hydrogen (secondary N) is 2. The van der Waals surface area contributed by atoms with Gasteiger partial charge in [0.05, 0.1) is 24.7 Å². The van der Waals surface area contributed by atoms with Crippen LogP contribution in [0.15, 0.2) is 73.3 Å². The van der Waals surface area contributed by atoms with Crippen molar-refractivity contribution < 1.29 is 9.90 Å². The second-order valence-electron chi connectivity index (χ2n) is 5.57. The normalized spacial score (nSPS) is 11.7. The van der Waals surface area contributed by atoms with Crippen molar-refractivity contribution in [3.63, 3.8) is 0 Å². The van der Waals surface area contributed by atoms with Crippen LogP contribution in [-0.4, -0.2) is 27.3 Å². The molecule has 0 aliphatic carbocycles. The Morgan fingerprint density at radius 1 is 1.12 bits per heavy atom. The zero-order valence-electron chi connectivity index (χ0n) is 13.7. The van der Waals surface area contributed by atoms with Gasteiger partial charge in [0.25, 0.3) is 0 Å². The first-order chi connectivity index (χ1) is 12.3. The topological polar surface area (TPSA) is 79.2 Å². The molecule has 3 aromatic rings. The summed E-state index contributed by atoms with van der Waals surface area (Å²) in [5, 5.41) is 15.2. The van der Waals surface area contributed by atoms with Gasteiger partial charge < -0.3 is 20.3 Å². The third-order valence-corrected chi connectivity index (χ3v) is 3.90. The monoisotopic (exact) mass is 336 g/mol. The molecule has 1 aromatic heterocycles. The van der Waals surface area contributed by atoms with Gasteiger partial charge in [-0.15, -0.1) is 0 Å². The van der Waals surface area contributed by atoms with Gasteiger partial charge in [0, 0.05) is 18.9 Å². The fourth-order valence-corrected chi connectivity index (χ4v) is 2.62. The maximum absolute atomic E-state index is 12.2. The summed E-state index contributed by atoms with van der Waals surface area (Å²) in [5.41, 5.74) is 2.79. The van der Waals surface area contributed by atoms with Gasteiger partial charge in [-0.05, 0) is 17.2 Å². The van der Waals surface area contributed by atoms with E-state index < -0.39 is 6.04 Å². The number of nitrogens with zero attached hydrogens (tertiary/aromatic N) is 2. The molecule has 3 N–H and O–H groups in total. The predicted octanol–water partition coefficient (Wildman–Crippen LogP) is 2.41. The Hall–Kier alpha value is -3.12. The second-order valence-corrected chi connectivity index (χ2v) is 5.57. The highest BCUT2D eigenvalue weighted by atomic mass is 16.3. The van der Waals surface area contributed by atoms with Gasteiger partial charge in [0.2, 0.25) is 0 Å². The zero-order valence-corrected chi connectivity index (χ0v) is 13.7. The molecule has 1 atom stereocenters. The van der Waals surface area contributed by atoms with Crippen LogP contribution in [0.4, 0.5) is 4.79 Å². The molecule has 2 amide bonds. The van der Waals surface area contributed by atoms with Crippen molar-refractivity contribution in [3.05, 3.63) is 84.4 Å². The molecule has 0 aliphatic rings. The van der Waals surface area contributed by atoms with E-state index in [1.165, 1.54) is 0 Å². The first-order valence-corrected chi connectivity index (χ1v) is 8.04. The molecular formula is C19H20N4O2. The number of para-hydroxylation sites is 1. The Morgan fingerprint density at radius 3 is 2.60 bits per heavy atom. The molecular weight excluding hydrogens is 316 g/mol. The number of aromatic nitrogens is 2. The number of aliphatic hydroxyl groups is 1. The molecule has 0 radical (unpaired) electrons. The van der Waals surface area contributed by atoms with E-state index >= 15 is 0 Å². The number of aliphatic hydroxyl groups excluding tert-OH is 1. The second kappa shape index (κ2) is 8.12. The van der Waals surface area contributed by atoms with Crippen molar-refractivity contribution in [2.75, 3.05) is 6.61 Å². The molecule has 1 unspecified atom stereocenters. The number of hydrogen-bond acceptors (Lipinski definition) is 3. The smallest absolute Gasteiger partial charge is 0.315 e. The molecule has 1 heterocycles. The minimum atomic E-state index is -0.440. The number of rotatable bonds is 6. The Kier molecular flexibility index (Phi) is 5.43. The molecule has 0 aliphatic heterocycles. The average Bonchev–Trinajstić information content (AvgIpc) is 3.20. The maximum Gasteiger partial charge on any atom is 0.315 e. The molecule has 128 valence electrons. The average molecular weight is 336 g/mol. The lowest BCUT2D eigenvalue weighted by Crippen LogP contribution is -2.39. The van der Waals surface area contributed by atoms with Crippen LogP contribution in [0.1, 0.15) is 17.2 Å². The number of amides is 2. The van der Waals surface area contributed by atoms with Gasteiger partial charge in [-0.1, -0.05) is 48.5 Å². The number of urea groups is 1. The van der Waals surface area contributed by atoms with Gasteiger partial charge >= 0.3 is 6.03 Å². The Bertz CT molecular complexity index is 803. The summed E-state index contributed by atoms with van der Waals surface area (Å²) < 4.78 is 1.90. The van der Waals surface area contributed by atoms with Crippen LogP contribution >= 0.6 is 0 Å². The van der Waals surface area contributed by atoms with Crippen LogP contribution < -0.4 is 10.6 Å².